The predicted molar refractivity (Wildman–Crippen MR) is 123 cm³/mol. The average Bonchev–Trinajstić information content (AvgIpc) is 3.14. The lowest BCUT2D eigenvalue weighted by atomic mass is 10.2. The highest BCUT2D eigenvalue weighted by molar-refractivity contribution is 8.00. The molecular formula is C19H19ClN4O3S3. The van der Waals surface area contributed by atoms with Gasteiger partial charge in [0, 0.05) is 10.8 Å². The number of halogens is 1. The number of benzene rings is 2. The van der Waals surface area contributed by atoms with Crippen LogP contribution in [0.15, 0.2) is 52.9 Å². The second-order valence-corrected chi connectivity index (χ2v) is 10.9. The van der Waals surface area contributed by atoms with Crippen LogP contribution in [0.1, 0.15) is 11.1 Å². The van der Waals surface area contributed by atoms with E-state index in [0.29, 0.717) is 25.7 Å². The van der Waals surface area contributed by atoms with Crippen molar-refractivity contribution in [3.63, 3.8) is 0 Å². The molecule has 3 aromatic rings. The molecule has 1 heterocycles. The minimum absolute atomic E-state index is 0.312. The summed E-state index contributed by atoms with van der Waals surface area (Å²) in [5.41, 5.74) is 2.09. The Morgan fingerprint density at radius 3 is 2.60 bits per heavy atom. The first kappa shape index (κ1) is 22.5. The molecule has 0 aliphatic carbocycles. The highest BCUT2D eigenvalue weighted by Gasteiger charge is 2.23. The van der Waals surface area contributed by atoms with Crippen LogP contribution < -0.4 is 9.62 Å². The number of hydrogen-bond acceptors (Lipinski definition) is 7. The zero-order chi connectivity index (χ0) is 21.7. The first-order valence-corrected chi connectivity index (χ1v) is 12.8. The third-order valence-corrected chi connectivity index (χ3v) is 7.63. The van der Waals surface area contributed by atoms with Crippen molar-refractivity contribution in [1.82, 2.24) is 10.2 Å². The highest BCUT2D eigenvalue weighted by atomic mass is 35.5. The molecule has 30 heavy (non-hydrogen) atoms. The standard InChI is InChI=1S/C19H19ClN4O3S3/c1-13-15(20)9-6-10-16(13)24(30(2,26)27)11-17(25)21-18-22-23-19(29-18)28-12-14-7-4-3-5-8-14/h3-10H,11-12H2,1-2H3,(H,21,22,25). The number of nitrogens with zero attached hydrogens (tertiary/aromatic N) is 3. The second-order valence-electron chi connectivity index (χ2n) is 6.35. The fraction of sp³-hybridized carbons (Fsp3) is 0.211. The largest absolute Gasteiger partial charge is 0.299 e. The van der Waals surface area contributed by atoms with Gasteiger partial charge in [0.1, 0.15) is 6.54 Å². The van der Waals surface area contributed by atoms with Gasteiger partial charge in [-0.1, -0.05) is 71.1 Å². The van der Waals surface area contributed by atoms with Gasteiger partial charge >= 0.3 is 0 Å². The lowest BCUT2D eigenvalue weighted by molar-refractivity contribution is -0.114. The molecule has 0 unspecified atom stereocenters. The van der Waals surface area contributed by atoms with E-state index >= 15 is 0 Å². The molecule has 1 aromatic heterocycles. The first-order chi connectivity index (χ1) is 14.2. The summed E-state index contributed by atoms with van der Waals surface area (Å²) in [5, 5.41) is 11.4. The zero-order valence-corrected chi connectivity index (χ0v) is 19.4. The fourth-order valence-corrected chi connectivity index (χ4v) is 5.37. The highest BCUT2D eigenvalue weighted by Crippen LogP contribution is 2.30. The van der Waals surface area contributed by atoms with Gasteiger partial charge in [0.25, 0.3) is 0 Å². The number of carbonyl (C=O) groups excluding carboxylic acids is 1. The van der Waals surface area contributed by atoms with E-state index in [1.54, 1.807) is 25.1 Å². The summed E-state index contributed by atoms with van der Waals surface area (Å²) in [4.78, 5) is 12.5. The molecule has 0 saturated heterocycles. The predicted octanol–water partition coefficient (Wildman–Crippen LogP) is 4.20. The van der Waals surface area contributed by atoms with Crippen LogP contribution in [-0.4, -0.2) is 37.3 Å². The van der Waals surface area contributed by atoms with Crippen LogP contribution in [0.4, 0.5) is 10.8 Å². The molecule has 0 bridgehead atoms. The van der Waals surface area contributed by atoms with E-state index in [4.69, 9.17) is 11.6 Å². The molecule has 1 amide bonds. The molecule has 11 heteroatoms. The van der Waals surface area contributed by atoms with Gasteiger partial charge in [0.05, 0.1) is 11.9 Å². The molecule has 0 aliphatic heterocycles. The topological polar surface area (TPSA) is 92.3 Å². The number of sulfonamides is 1. The maximum atomic E-state index is 12.5. The van der Waals surface area contributed by atoms with E-state index in [1.807, 2.05) is 30.3 Å². The van der Waals surface area contributed by atoms with Crippen LogP contribution >= 0.6 is 34.7 Å². The number of nitrogens with one attached hydrogen (secondary N) is 1. The Morgan fingerprint density at radius 2 is 1.90 bits per heavy atom. The zero-order valence-electron chi connectivity index (χ0n) is 16.2. The Hall–Kier alpha value is -2.14. The SMILES string of the molecule is Cc1c(Cl)cccc1N(CC(=O)Nc1nnc(SCc2ccccc2)s1)S(C)(=O)=O. The molecule has 0 fully saturated rings. The molecule has 7 nitrogen and oxygen atoms in total. The summed E-state index contributed by atoms with van der Waals surface area (Å²) < 4.78 is 26.3. The average molecular weight is 483 g/mol. The van der Waals surface area contributed by atoms with Crippen LogP contribution in [0.3, 0.4) is 0 Å². The van der Waals surface area contributed by atoms with Gasteiger partial charge in [0.2, 0.25) is 21.1 Å². The van der Waals surface area contributed by atoms with Crippen LogP contribution in [0, 0.1) is 6.92 Å². The summed E-state index contributed by atoms with van der Waals surface area (Å²) in [6.07, 6.45) is 1.05. The van der Waals surface area contributed by atoms with Gasteiger partial charge in [-0.3, -0.25) is 14.4 Å². The van der Waals surface area contributed by atoms with Gasteiger partial charge in [-0.15, -0.1) is 10.2 Å². The van der Waals surface area contributed by atoms with Crippen molar-refractivity contribution < 1.29 is 13.2 Å². The molecule has 0 spiro atoms. The molecule has 0 atom stereocenters. The van der Waals surface area contributed by atoms with E-state index in [2.05, 4.69) is 15.5 Å². The van der Waals surface area contributed by atoms with Crippen molar-refractivity contribution in [2.24, 2.45) is 0 Å². The van der Waals surface area contributed by atoms with Crippen molar-refractivity contribution in [2.45, 2.75) is 17.0 Å². The molecule has 0 saturated carbocycles. The smallest absolute Gasteiger partial charge is 0.246 e. The summed E-state index contributed by atoms with van der Waals surface area (Å²) in [5.74, 6) is 0.217. The summed E-state index contributed by atoms with van der Waals surface area (Å²) in [7, 11) is -3.70. The third kappa shape index (κ3) is 5.94. The Bertz CT molecular complexity index is 1140. The molecule has 0 radical (unpaired) electrons. The summed E-state index contributed by atoms with van der Waals surface area (Å²) in [6, 6.07) is 14.9. The van der Waals surface area contributed by atoms with E-state index in [-0.39, 0.29) is 0 Å². The monoisotopic (exact) mass is 482 g/mol. The molecule has 1 N–H and O–H groups in total. The number of carbonyl (C=O) groups is 1. The number of hydrogen-bond donors (Lipinski definition) is 1. The minimum Gasteiger partial charge on any atom is -0.299 e. The molecule has 2 aromatic carbocycles. The Kier molecular flexibility index (Phi) is 7.35. The molecule has 0 aliphatic rings. The maximum absolute atomic E-state index is 12.5. The Morgan fingerprint density at radius 1 is 1.17 bits per heavy atom. The minimum atomic E-state index is -3.70. The number of aromatic nitrogens is 2. The molecular weight excluding hydrogens is 464 g/mol. The van der Waals surface area contributed by atoms with Crippen molar-refractivity contribution in [3.05, 3.63) is 64.7 Å². The number of thioether (sulfide) groups is 1. The van der Waals surface area contributed by atoms with Gasteiger partial charge in [0.15, 0.2) is 4.34 Å². The van der Waals surface area contributed by atoms with Gasteiger partial charge in [-0.05, 0) is 30.2 Å². The van der Waals surface area contributed by atoms with E-state index in [0.717, 1.165) is 21.9 Å². The van der Waals surface area contributed by atoms with Crippen LogP contribution in [0.2, 0.25) is 5.02 Å². The van der Waals surface area contributed by atoms with Crippen LogP contribution in [-0.2, 0) is 20.6 Å². The number of rotatable bonds is 8. The summed E-state index contributed by atoms with van der Waals surface area (Å²) >= 11 is 8.86. The maximum Gasteiger partial charge on any atom is 0.246 e. The number of anilines is 2. The fourth-order valence-electron chi connectivity index (χ4n) is 2.57. The van der Waals surface area contributed by atoms with Crippen molar-refractivity contribution in [1.29, 1.82) is 0 Å². The van der Waals surface area contributed by atoms with E-state index < -0.39 is 22.5 Å². The van der Waals surface area contributed by atoms with Crippen LogP contribution in [0.25, 0.3) is 0 Å². The molecule has 3 rings (SSSR count). The quantitative estimate of drug-likeness (QED) is 0.382. The van der Waals surface area contributed by atoms with Gasteiger partial charge in [-0.2, -0.15) is 0 Å². The van der Waals surface area contributed by atoms with Gasteiger partial charge < -0.3 is 0 Å². The Labute approximate surface area is 188 Å². The normalized spacial score (nSPS) is 11.3. The van der Waals surface area contributed by atoms with Crippen molar-refractivity contribution in [3.8, 4) is 0 Å². The van der Waals surface area contributed by atoms with E-state index in [9.17, 15) is 13.2 Å². The van der Waals surface area contributed by atoms with Gasteiger partial charge in [-0.25, -0.2) is 8.42 Å². The van der Waals surface area contributed by atoms with Crippen molar-refractivity contribution in [2.75, 3.05) is 22.4 Å². The lowest BCUT2D eigenvalue weighted by Crippen LogP contribution is -2.37. The first-order valence-electron chi connectivity index (χ1n) is 8.77. The second kappa shape index (κ2) is 9.78. The van der Waals surface area contributed by atoms with E-state index in [1.165, 1.54) is 23.1 Å². The Balaban J connectivity index is 1.66. The lowest BCUT2D eigenvalue weighted by Gasteiger charge is -2.23. The number of amides is 1. The molecule has 158 valence electrons. The van der Waals surface area contributed by atoms with Crippen molar-refractivity contribution >= 4 is 61.4 Å². The third-order valence-electron chi connectivity index (χ3n) is 4.05. The summed E-state index contributed by atoms with van der Waals surface area (Å²) in [6.45, 7) is 1.31. The van der Waals surface area contributed by atoms with Crippen LogP contribution in [0.5, 0.6) is 0 Å².